The summed E-state index contributed by atoms with van der Waals surface area (Å²) in [5.74, 6) is 0.605. The zero-order valence-electron chi connectivity index (χ0n) is 24.6. The normalized spacial score (nSPS) is 17.4. The topological polar surface area (TPSA) is 111 Å². The first-order chi connectivity index (χ1) is 21.6. The van der Waals surface area contributed by atoms with Crippen LogP contribution in [0.15, 0.2) is 66.7 Å². The largest absolute Gasteiger partial charge is 0.454 e. The smallest absolute Gasteiger partial charge is 0.249 e. The molecule has 0 unspecified atom stereocenters. The molecule has 1 N–H and O–H groups in total. The van der Waals surface area contributed by atoms with Crippen LogP contribution in [0.2, 0.25) is 0 Å². The second-order valence-electron chi connectivity index (χ2n) is 11.5. The van der Waals surface area contributed by atoms with Crippen LogP contribution in [0.5, 0.6) is 11.5 Å². The van der Waals surface area contributed by atoms with E-state index in [9.17, 15) is 9.59 Å². The number of carbonyl (C=O) groups is 2. The van der Waals surface area contributed by atoms with E-state index in [0.717, 1.165) is 50.0 Å². The Balaban J connectivity index is 1.28. The third kappa shape index (κ3) is 5.79. The van der Waals surface area contributed by atoms with Gasteiger partial charge in [0.2, 0.25) is 18.6 Å². The van der Waals surface area contributed by atoms with Crippen molar-refractivity contribution in [3.63, 3.8) is 0 Å². The number of carbonyl (C=O) groups excluding carboxylic acids is 2. The van der Waals surface area contributed by atoms with Crippen LogP contribution in [0.25, 0.3) is 11.0 Å². The van der Waals surface area contributed by atoms with Crippen LogP contribution in [0, 0.1) is 0 Å². The summed E-state index contributed by atoms with van der Waals surface area (Å²) in [5.41, 5.74) is 3.73. The standard InChI is InChI=1S/C33H36N6O5/c40-31(21-38-28-9-5-4-8-27(28)35-36-38)39(26-14-15-29-30(20-26)44-22-43-29)32(33(41)34-24-6-2-1-3-7-24)23-10-12-25(13-11-23)37-16-18-42-19-17-37/h4-5,8-15,20,24,32H,1-3,6-7,16-19,21-22H2,(H,34,41)/t32-/m0/s1. The van der Waals surface area contributed by atoms with Crippen LogP contribution >= 0.6 is 0 Å². The lowest BCUT2D eigenvalue weighted by atomic mass is 9.94. The van der Waals surface area contributed by atoms with Gasteiger partial charge < -0.3 is 24.4 Å². The van der Waals surface area contributed by atoms with Gasteiger partial charge in [-0.15, -0.1) is 5.10 Å². The molecule has 1 aliphatic carbocycles. The molecule has 44 heavy (non-hydrogen) atoms. The van der Waals surface area contributed by atoms with Crippen LogP contribution in [0.1, 0.15) is 43.7 Å². The Kier molecular flexibility index (Phi) is 8.02. The van der Waals surface area contributed by atoms with Crippen molar-refractivity contribution in [3.8, 4) is 11.5 Å². The van der Waals surface area contributed by atoms with Gasteiger partial charge in [-0.1, -0.05) is 48.7 Å². The summed E-state index contributed by atoms with van der Waals surface area (Å²) >= 11 is 0. The third-order valence-electron chi connectivity index (χ3n) is 8.65. The quantitative estimate of drug-likeness (QED) is 0.322. The van der Waals surface area contributed by atoms with E-state index >= 15 is 0 Å². The predicted octanol–water partition coefficient (Wildman–Crippen LogP) is 4.22. The molecule has 7 rings (SSSR count). The molecule has 2 amide bonds. The van der Waals surface area contributed by atoms with E-state index < -0.39 is 6.04 Å². The van der Waals surface area contributed by atoms with Crippen LogP contribution < -0.4 is 24.6 Å². The number of hydrogen-bond donors (Lipinski definition) is 1. The number of aromatic nitrogens is 3. The molecule has 228 valence electrons. The lowest BCUT2D eigenvalue weighted by Gasteiger charge is -2.34. The molecule has 1 atom stereocenters. The van der Waals surface area contributed by atoms with Crippen molar-refractivity contribution >= 4 is 34.2 Å². The molecule has 0 bridgehead atoms. The number of para-hydroxylation sites is 1. The van der Waals surface area contributed by atoms with Gasteiger partial charge in [-0.05, 0) is 54.8 Å². The van der Waals surface area contributed by atoms with Gasteiger partial charge in [0.05, 0.1) is 18.7 Å². The number of amides is 2. The Morgan fingerprint density at radius 3 is 2.52 bits per heavy atom. The minimum atomic E-state index is -0.932. The van der Waals surface area contributed by atoms with Gasteiger partial charge in [0, 0.05) is 36.6 Å². The van der Waals surface area contributed by atoms with Crippen LogP contribution in [0.4, 0.5) is 11.4 Å². The zero-order valence-corrected chi connectivity index (χ0v) is 24.6. The zero-order chi connectivity index (χ0) is 29.9. The Hall–Kier alpha value is -4.64. The minimum Gasteiger partial charge on any atom is -0.454 e. The van der Waals surface area contributed by atoms with Gasteiger partial charge in [-0.25, -0.2) is 4.68 Å². The number of nitrogens with one attached hydrogen (secondary N) is 1. The third-order valence-corrected chi connectivity index (χ3v) is 8.65. The molecule has 3 heterocycles. The molecule has 0 radical (unpaired) electrons. The molecule has 11 nitrogen and oxygen atoms in total. The van der Waals surface area contributed by atoms with E-state index in [4.69, 9.17) is 14.2 Å². The van der Waals surface area contributed by atoms with E-state index in [2.05, 4.69) is 20.5 Å². The number of fused-ring (bicyclic) bond motifs is 2. The van der Waals surface area contributed by atoms with Gasteiger partial charge >= 0.3 is 0 Å². The summed E-state index contributed by atoms with van der Waals surface area (Å²) in [4.78, 5) is 32.6. The number of hydrogen-bond acceptors (Lipinski definition) is 8. The van der Waals surface area contributed by atoms with E-state index in [1.165, 1.54) is 6.42 Å². The van der Waals surface area contributed by atoms with Crippen molar-refractivity contribution in [3.05, 3.63) is 72.3 Å². The second kappa shape index (κ2) is 12.5. The van der Waals surface area contributed by atoms with E-state index in [1.807, 2.05) is 48.5 Å². The SMILES string of the molecule is O=C(NC1CCCCC1)[C@H](c1ccc(N2CCOCC2)cc1)N(C(=O)Cn1nnc2ccccc21)c1ccc2c(c1)OCO2. The number of benzene rings is 3. The Morgan fingerprint density at radius 2 is 1.70 bits per heavy atom. The average Bonchev–Trinajstić information content (AvgIpc) is 3.71. The number of nitrogens with zero attached hydrogens (tertiary/aromatic N) is 5. The fourth-order valence-electron chi connectivity index (χ4n) is 6.34. The fourth-order valence-corrected chi connectivity index (χ4v) is 6.34. The van der Waals surface area contributed by atoms with E-state index in [0.29, 0.717) is 41.5 Å². The maximum Gasteiger partial charge on any atom is 0.249 e. The number of rotatable bonds is 8. The molecule has 1 saturated heterocycles. The highest BCUT2D eigenvalue weighted by atomic mass is 16.7. The van der Waals surface area contributed by atoms with Gasteiger partial charge in [-0.3, -0.25) is 14.5 Å². The molecule has 0 spiro atoms. The summed E-state index contributed by atoms with van der Waals surface area (Å²) in [5, 5.41) is 11.8. The second-order valence-corrected chi connectivity index (χ2v) is 11.5. The number of anilines is 2. The van der Waals surface area contributed by atoms with Gasteiger partial charge in [0.25, 0.3) is 0 Å². The molecule has 2 fully saturated rings. The van der Waals surface area contributed by atoms with Gasteiger partial charge in [-0.2, -0.15) is 0 Å². The fraction of sp³-hybridized carbons (Fsp3) is 0.394. The molecule has 1 saturated carbocycles. The predicted molar refractivity (Wildman–Crippen MR) is 165 cm³/mol. The summed E-state index contributed by atoms with van der Waals surface area (Å²) in [7, 11) is 0. The summed E-state index contributed by atoms with van der Waals surface area (Å²) < 4.78 is 18.3. The van der Waals surface area contributed by atoms with Gasteiger partial charge in [0.15, 0.2) is 11.5 Å². The van der Waals surface area contributed by atoms with Crippen molar-refractivity contribution in [2.24, 2.45) is 0 Å². The van der Waals surface area contributed by atoms with Crippen molar-refractivity contribution < 1.29 is 23.8 Å². The molecular formula is C33H36N6O5. The van der Waals surface area contributed by atoms with Crippen molar-refractivity contribution in [1.82, 2.24) is 20.3 Å². The van der Waals surface area contributed by atoms with Crippen molar-refractivity contribution in [1.29, 1.82) is 0 Å². The highest BCUT2D eigenvalue weighted by molar-refractivity contribution is 6.02. The summed E-state index contributed by atoms with van der Waals surface area (Å²) in [6.07, 6.45) is 5.18. The summed E-state index contributed by atoms with van der Waals surface area (Å²) in [6.45, 7) is 2.96. The maximum absolute atomic E-state index is 14.4. The Bertz CT molecular complexity index is 1630. The highest BCUT2D eigenvalue weighted by Gasteiger charge is 2.35. The summed E-state index contributed by atoms with van der Waals surface area (Å²) in [6, 6.07) is 19.9. The lowest BCUT2D eigenvalue weighted by molar-refractivity contribution is -0.127. The Morgan fingerprint density at radius 1 is 0.932 bits per heavy atom. The first-order valence-corrected chi connectivity index (χ1v) is 15.4. The van der Waals surface area contributed by atoms with E-state index in [1.54, 1.807) is 27.8 Å². The Labute approximate surface area is 255 Å². The first-order valence-electron chi connectivity index (χ1n) is 15.4. The molecule has 3 aromatic carbocycles. The molecule has 2 aliphatic heterocycles. The average molecular weight is 597 g/mol. The maximum atomic E-state index is 14.4. The monoisotopic (exact) mass is 596 g/mol. The lowest BCUT2D eigenvalue weighted by Crippen LogP contribution is -2.48. The minimum absolute atomic E-state index is 0.0688. The number of ether oxygens (including phenoxy) is 3. The number of morpholine rings is 1. The molecule has 4 aromatic rings. The molecule has 3 aliphatic rings. The van der Waals surface area contributed by atoms with E-state index in [-0.39, 0.29) is 31.2 Å². The molecule has 1 aromatic heterocycles. The van der Waals surface area contributed by atoms with Crippen molar-refractivity contribution in [2.45, 2.75) is 50.7 Å². The molecule has 11 heteroatoms. The van der Waals surface area contributed by atoms with Crippen molar-refractivity contribution in [2.75, 3.05) is 42.9 Å². The van der Waals surface area contributed by atoms with Gasteiger partial charge in [0.1, 0.15) is 18.1 Å². The highest BCUT2D eigenvalue weighted by Crippen LogP contribution is 2.39. The molecular weight excluding hydrogens is 560 g/mol. The van der Waals surface area contributed by atoms with Crippen LogP contribution in [-0.4, -0.2) is 65.9 Å². The van der Waals surface area contributed by atoms with Crippen LogP contribution in [-0.2, 0) is 20.9 Å². The van der Waals surface area contributed by atoms with Crippen LogP contribution in [0.3, 0.4) is 0 Å². The first kappa shape index (κ1) is 28.1.